The van der Waals surface area contributed by atoms with Gasteiger partial charge in [-0.15, -0.1) is 10.2 Å². The summed E-state index contributed by atoms with van der Waals surface area (Å²) in [6, 6.07) is 0. The Morgan fingerprint density at radius 1 is 1.20 bits per heavy atom. The SMILES string of the molecule is CCCCNC(=NCc1nnc(C)n1C)NCCC(OCC)C(C)C. The zero-order chi connectivity index (χ0) is 18.7. The summed E-state index contributed by atoms with van der Waals surface area (Å²) < 4.78 is 7.78. The normalized spacial score (nSPS) is 13.3. The van der Waals surface area contributed by atoms with Crippen molar-refractivity contribution in [2.45, 2.75) is 66.5 Å². The number of unbranched alkanes of at least 4 members (excludes halogenated alkanes) is 1. The first-order valence-corrected chi connectivity index (χ1v) is 9.48. The molecule has 0 aliphatic heterocycles. The van der Waals surface area contributed by atoms with Crippen LogP contribution in [0.1, 0.15) is 58.6 Å². The minimum atomic E-state index is 0.274. The topological polar surface area (TPSA) is 76.4 Å². The van der Waals surface area contributed by atoms with Crippen molar-refractivity contribution in [3.8, 4) is 0 Å². The highest BCUT2D eigenvalue weighted by Crippen LogP contribution is 2.10. The summed E-state index contributed by atoms with van der Waals surface area (Å²) in [5, 5.41) is 15.1. The molecule has 0 amide bonds. The lowest BCUT2D eigenvalue weighted by atomic mass is 10.0. The van der Waals surface area contributed by atoms with E-state index in [1.54, 1.807) is 0 Å². The van der Waals surface area contributed by atoms with Crippen LogP contribution in [-0.4, -0.2) is 46.5 Å². The van der Waals surface area contributed by atoms with E-state index in [0.717, 1.165) is 56.6 Å². The van der Waals surface area contributed by atoms with Crippen LogP contribution in [0.5, 0.6) is 0 Å². The van der Waals surface area contributed by atoms with Crippen molar-refractivity contribution in [2.24, 2.45) is 18.0 Å². The predicted molar refractivity (Wildman–Crippen MR) is 103 cm³/mol. The molecule has 0 aromatic carbocycles. The third kappa shape index (κ3) is 7.86. The van der Waals surface area contributed by atoms with Crippen LogP contribution in [0.25, 0.3) is 0 Å². The second-order valence-electron chi connectivity index (χ2n) is 6.62. The number of ether oxygens (including phenoxy) is 1. The Kier molecular flexibility index (Phi) is 10.1. The van der Waals surface area contributed by atoms with E-state index < -0.39 is 0 Å². The van der Waals surface area contributed by atoms with Crippen molar-refractivity contribution in [2.75, 3.05) is 19.7 Å². The van der Waals surface area contributed by atoms with E-state index in [4.69, 9.17) is 4.74 Å². The maximum atomic E-state index is 5.81. The zero-order valence-corrected chi connectivity index (χ0v) is 16.8. The van der Waals surface area contributed by atoms with E-state index in [2.05, 4.69) is 46.6 Å². The first kappa shape index (κ1) is 21.4. The molecule has 1 aromatic rings. The Labute approximate surface area is 152 Å². The van der Waals surface area contributed by atoms with Gasteiger partial charge in [-0.05, 0) is 32.6 Å². The molecule has 25 heavy (non-hydrogen) atoms. The molecule has 1 rings (SSSR count). The highest BCUT2D eigenvalue weighted by atomic mass is 16.5. The molecular weight excluding hydrogens is 316 g/mol. The molecule has 7 heteroatoms. The molecule has 0 aliphatic carbocycles. The Morgan fingerprint density at radius 2 is 1.92 bits per heavy atom. The molecular formula is C18H36N6O. The molecule has 0 spiro atoms. The molecule has 0 fully saturated rings. The van der Waals surface area contributed by atoms with Crippen LogP contribution in [0, 0.1) is 12.8 Å². The number of hydrogen-bond acceptors (Lipinski definition) is 4. The lowest BCUT2D eigenvalue weighted by molar-refractivity contribution is 0.0258. The van der Waals surface area contributed by atoms with E-state index in [0.29, 0.717) is 12.5 Å². The fourth-order valence-electron chi connectivity index (χ4n) is 2.45. The molecule has 0 radical (unpaired) electrons. The Bertz CT molecular complexity index is 512. The van der Waals surface area contributed by atoms with E-state index in [1.165, 1.54) is 0 Å². The number of aromatic nitrogens is 3. The molecule has 0 bridgehead atoms. The summed E-state index contributed by atoms with van der Waals surface area (Å²) in [6.07, 6.45) is 3.51. The fraction of sp³-hybridized carbons (Fsp3) is 0.833. The standard InChI is InChI=1S/C18H36N6O/c1-7-9-11-19-18(20-12-10-16(14(3)4)25-8-2)21-13-17-23-22-15(5)24(17)6/h14,16H,7-13H2,1-6H3,(H2,19,20,21). The summed E-state index contributed by atoms with van der Waals surface area (Å²) in [5.41, 5.74) is 0. The largest absolute Gasteiger partial charge is 0.378 e. The number of aryl methyl sites for hydroxylation is 1. The number of rotatable bonds is 11. The van der Waals surface area contributed by atoms with Crippen molar-refractivity contribution in [1.82, 2.24) is 25.4 Å². The average Bonchev–Trinajstić information content (AvgIpc) is 2.90. The highest BCUT2D eigenvalue weighted by Gasteiger charge is 2.13. The van der Waals surface area contributed by atoms with Gasteiger partial charge in [0.15, 0.2) is 11.8 Å². The third-order valence-corrected chi connectivity index (χ3v) is 4.23. The van der Waals surface area contributed by atoms with Gasteiger partial charge < -0.3 is 19.9 Å². The van der Waals surface area contributed by atoms with Crippen LogP contribution < -0.4 is 10.6 Å². The number of guanidine groups is 1. The zero-order valence-electron chi connectivity index (χ0n) is 16.8. The smallest absolute Gasteiger partial charge is 0.191 e. The molecule has 1 atom stereocenters. The van der Waals surface area contributed by atoms with Crippen molar-refractivity contribution < 1.29 is 4.74 Å². The summed E-state index contributed by atoms with van der Waals surface area (Å²) >= 11 is 0. The van der Waals surface area contributed by atoms with E-state index in [9.17, 15) is 0 Å². The summed E-state index contributed by atoms with van der Waals surface area (Å²) in [5.74, 6) is 3.10. The van der Waals surface area contributed by atoms with Crippen LogP contribution >= 0.6 is 0 Å². The molecule has 1 heterocycles. The number of aliphatic imine (C=N–C) groups is 1. The molecule has 0 saturated heterocycles. The maximum Gasteiger partial charge on any atom is 0.191 e. The molecule has 0 aliphatic rings. The number of hydrogen-bond donors (Lipinski definition) is 2. The van der Waals surface area contributed by atoms with Crippen molar-refractivity contribution in [1.29, 1.82) is 0 Å². The maximum absolute atomic E-state index is 5.81. The van der Waals surface area contributed by atoms with Gasteiger partial charge >= 0.3 is 0 Å². The third-order valence-electron chi connectivity index (χ3n) is 4.23. The first-order chi connectivity index (χ1) is 12.0. The minimum Gasteiger partial charge on any atom is -0.378 e. The van der Waals surface area contributed by atoms with Crippen LogP contribution in [0.4, 0.5) is 0 Å². The quantitative estimate of drug-likeness (QED) is 0.363. The van der Waals surface area contributed by atoms with Gasteiger partial charge in [-0.3, -0.25) is 0 Å². The second kappa shape index (κ2) is 11.8. The van der Waals surface area contributed by atoms with Gasteiger partial charge in [0.25, 0.3) is 0 Å². The van der Waals surface area contributed by atoms with Crippen LogP contribution in [0.2, 0.25) is 0 Å². The van der Waals surface area contributed by atoms with Gasteiger partial charge in [0, 0.05) is 26.7 Å². The van der Waals surface area contributed by atoms with E-state index in [-0.39, 0.29) is 6.10 Å². The van der Waals surface area contributed by atoms with Gasteiger partial charge in [0.05, 0.1) is 6.10 Å². The molecule has 0 saturated carbocycles. The van der Waals surface area contributed by atoms with Crippen molar-refractivity contribution in [3.63, 3.8) is 0 Å². The average molecular weight is 353 g/mol. The summed E-state index contributed by atoms with van der Waals surface area (Å²) in [4.78, 5) is 4.66. The number of nitrogens with zero attached hydrogens (tertiary/aromatic N) is 4. The number of nitrogens with one attached hydrogen (secondary N) is 2. The highest BCUT2D eigenvalue weighted by molar-refractivity contribution is 5.79. The molecule has 7 nitrogen and oxygen atoms in total. The predicted octanol–water partition coefficient (Wildman–Crippen LogP) is 2.41. The Hall–Kier alpha value is -1.63. The minimum absolute atomic E-state index is 0.274. The summed E-state index contributed by atoms with van der Waals surface area (Å²) in [7, 11) is 1.97. The summed E-state index contributed by atoms with van der Waals surface area (Å²) in [6.45, 7) is 13.6. The van der Waals surface area contributed by atoms with Crippen molar-refractivity contribution in [3.05, 3.63) is 11.6 Å². The van der Waals surface area contributed by atoms with E-state index >= 15 is 0 Å². The Balaban J connectivity index is 2.59. The van der Waals surface area contributed by atoms with Crippen LogP contribution in [0.3, 0.4) is 0 Å². The lowest BCUT2D eigenvalue weighted by Gasteiger charge is -2.21. The lowest BCUT2D eigenvalue weighted by Crippen LogP contribution is -2.40. The van der Waals surface area contributed by atoms with Crippen molar-refractivity contribution >= 4 is 5.96 Å². The molecule has 2 N–H and O–H groups in total. The van der Waals surface area contributed by atoms with Gasteiger partial charge in [-0.1, -0.05) is 27.2 Å². The van der Waals surface area contributed by atoms with Gasteiger partial charge in [-0.2, -0.15) is 0 Å². The van der Waals surface area contributed by atoms with Crippen LogP contribution in [0.15, 0.2) is 4.99 Å². The van der Waals surface area contributed by atoms with Gasteiger partial charge in [0.1, 0.15) is 12.4 Å². The molecule has 1 aromatic heterocycles. The first-order valence-electron chi connectivity index (χ1n) is 9.48. The molecule has 1 unspecified atom stereocenters. The van der Waals surface area contributed by atoms with E-state index in [1.807, 2.05) is 25.5 Å². The van der Waals surface area contributed by atoms with Gasteiger partial charge in [-0.25, -0.2) is 4.99 Å². The van der Waals surface area contributed by atoms with Gasteiger partial charge in [0.2, 0.25) is 0 Å². The molecule has 144 valence electrons. The Morgan fingerprint density at radius 3 is 2.48 bits per heavy atom. The second-order valence-corrected chi connectivity index (χ2v) is 6.62. The fourth-order valence-corrected chi connectivity index (χ4v) is 2.45. The van der Waals surface area contributed by atoms with Crippen LogP contribution in [-0.2, 0) is 18.3 Å². The monoisotopic (exact) mass is 352 g/mol.